The second-order valence-corrected chi connectivity index (χ2v) is 8.35. The van der Waals surface area contributed by atoms with Gasteiger partial charge in [-0.3, -0.25) is 14.3 Å². The molecule has 1 aliphatic rings. The minimum Gasteiger partial charge on any atom is -0.347 e. The van der Waals surface area contributed by atoms with Crippen molar-refractivity contribution < 1.29 is 4.79 Å². The molecule has 1 unspecified atom stereocenters. The second kappa shape index (κ2) is 9.41. The topological polar surface area (TPSA) is 53.1 Å². The number of para-hydroxylation sites is 1. The number of H-pyrrole nitrogens is 1. The number of aromatic amines is 1. The van der Waals surface area contributed by atoms with E-state index in [0.717, 1.165) is 17.8 Å². The third kappa shape index (κ3) is 4.71. The highest BCUT2D eigenvalue weighted by Gasteiger charge is 2.18. The molecule has 1 aliphatic heterocycles. The summed E-state index contributed by atoms with van der Waals surface area (Å²) in [5, 5.41) is 3.01. The number of likely N-dealkylation sites (tertiary alicyclic amines) is 1. The van der Waals surface area contributed by atoms with Crippen LogP contribution in [0.25, 0.3) is 5.69 Å². The molecule has 2 heterocycles. The number of benzene rings is 2. The lowest BCUT2D eigenvalue weighted by atomic mass is 10.0. The van der Waals surface area contributed by atoms with E-state index in [0.29, 0.717) is 23.1 Å². The van der Waals surface area contributed by atoms with Crippen LogP contribution in [0.5, 0.6) is 0 Å². The van der Waals surface area contributed by atoms with Crippen LogP contribution in [0.4, 0.5) is 0 Å². The minimum atomic E-state index is -0.155. The monoisotopic (exact) mass is 420 g/mol. The van der Waals surface area contributed by atoms with E-state index in [1.54, 1.807) is 10.8 Å². The zero-order valence-electron chi connectivity index (χ0n) is 17.3. The summed E-state index contributed by atoms with van der Waals surface area (Å²) in [5.74, 6) is -0.155. The fourth-order valence-electron chi connectivity index (χ4n) is 4.03. The van der Waals surface area contributed by atoms with Gasteiger partial charge in [0.1, 0.15) is 5.69 Å². The number of hydrogen-bond donors (Lipinski definition) is 2. The number of amides is 1. The number of piperidine rings is 1. The Morgan fingerprint density at radius 1 is 1.10 bits per heavy atom. The first-order chi connectivity index (χ1) is 14.6. The Kier molecular flexibility index (Phi) is 6.45. The normalized spacial score (nSPS) is 17.0. The van der Waals surface area contributed by atoms with Gasteiger partial charge in [-0.2, -0.15) is 0 Å². The summed E-state index contributed by atoms with van der Waals surface area (Å²) in [6, 6.07) is 18.9. The number of hydrogen-bond acceptors (Lipinski definition) is 3. The number of rotatable bonds is 6. The Morgan fingerprint density at radius 2 is 1.83 bits per heavy atom. The largest absolute Gasteiger partial charge is 0.347 e. The quantitative estimate of drug-likeness (QED) is 0.561. The highest BCUT2D eigenvalue weighted by Crippen LogP contribution is 2.19. The van der Waals surface area contributed by atoms with Crippen molar-refractivity contribution in [3.63, 3.8) is 0 Å². The summed E-state index contributed by atoms with van der Waals surface area (Å²) in [7, 11) is 0. The van der Waals surface area contributed by atoms with Crippen LogP contribution in [0.3, 0.4) is 0 Å². The van der Waals surface area contributed by atoms with Crippen LogP contribution in [0, 0.1) is 4.77 Å². The van der Waals surface area contributed by atoms with Crippen molar-refractivity contribution in [2.75, 3.05) is 6.54 Å². The van der Waals surface area contributed by atoms with Gasteiger partial charge < -0.3 is 10.3 Å². The molecular formula is C24H28N4OS. The Bertz CT molecular complexity index is 1040. The van der Waals surface area contributed by atoms with Gasteiger partial charge in [-0.1, -0.05) is 48.9 Å². The molecule has 0 saturated carbocycles. The van der Waals surface area contributed by atoms with Gasteiger partial charge in [0.2, 0.25) is 0 Å². The second-order valence-electron chi connectivity index (χ2n) is 7.96. The van der Waals surface area contributed by atoms with E-state index in [2.05, 4.69) is 46.4 Å². The predicted molar refractivity (Wildman–Crippen MR) is 122 cm³/mol. The molecule has 3 aromatic rings. The summed E-state index contributed by atoms with van der Waals surface area (Å²) in [6.07, 6.45) is 5.59. The first-order valence-corrected chi connectivity index (χ1v) is 11.0. The van der Waals surface area contributed by atoms with E-state index in [1.807, 2.05) is 30.3 Å². The van der Waals surface area contributed by atoms with E-state index >= 15 is 0 Å². The van der Waals surface area contributed by atoms with Gasteiger partial charge in [-0.05, 0) is 61.8 Å². The molecule has 4 rings (SSSR count). The van der Waals surface area contributed by atoms with Gasteiger partial charge in [0.15, 0.2) is 4.77 Å². The summed E-state index contributed by atoms with van der Waals surface area (Å²) >= 11 is 5.36. The van der Waals surface area contributed by atoms with Gasteiger partial charge in [-0.25, -0.2) is 0 Å². The first kappa shape index (κ1) is 20.6. The Balaban J connectivity index is 1.38. The number of nitrogens with one attached hydrogen (secondary N) is 2. The van der Waals surface area contributed by atoms with Crippen LogP contribution in [-0.4, -0.2) is 32.9 Å². The lowest BCUT2D eigenvalue weighted by Gasteiger charge is -2.33. The van der Waals surface area contributed by atoms with Crippen molar-refractivity contribution in [1.82, 2.24) is 19.8 Å². The average molecular weight is 421 g/mol. The molecule has 30 heavy (non-hydrogen) atoms. The molecule has 1 fully saturated rings. The van der Waals surface area contributed by atoms with Gasteiger partial charge in [0.25, 0.3) is 5.91 Å². The summed E-state index contributed by atoms with van der Waals surface area (Å²) < 4.78 is 2.26. The third-order valence-electron chi connectivity index (χ3n) is 5.83. The zero-order chi connectivity index (χ0) is 20.9. The van der Waals surface area contributed by atoms with E-state index in [4.69, 9.17) is 12.2 Å². The Labute approximate surface area is 182 Å². The molecule has 156 valence electrons. The molecule has 1 atom stereocenters. The predicted octanol–water partition coefficient (Wildman–Crippen LogP) is 4.84. The van der Waals surface area contributed by atoms with Crippen LogP contribution < -0.4 is 5.32 Å². The molecule has 0 bridgehead atoms. The maximum atomic E-state index is 12.8. The van der Waals surface area contributed by atoms with E-state index in [-0.39, 0.29) is 5.91 Å². The fourth-order valence-corrected chi connectivity index (χ4v) is 4.29. The fraction of sp³-hybridized carbons (Fsp3) is 0.333. The van der Waals surface area contributed by atoms with Crippen LogP contribution >= 0.6 is 12.2 Å². The molecule has 5 nitrogen and oxygen atoms in total. The zero-order valence-corrected chi connectivity index (χ0v) is 18.1. The molecule has 0 aliphatic carbocycles. The van der Waals surface area contributed by atoms with Gasteiger partial charge in [0.05, 0.1) is 0 Å². The SMILES string of the molecule is CC1CCCCN1Cc1ccc(CNC(=O)c2c[nH]c(=S)n2-c2ccccc2)cc1. The highest BCUT2D eigenvalue weighted by molar-refractivity contribution is 7.71. The standard InChI is InChI=1S/C24H28N4OS/c1-18-7-5-6-14-27(18)17-20-12-10-19(11-13-20)15-25-23(29)22-16-26-24(30)28(22)21-8-3-2-4-9-21/h2-4,8-13,16,18H,5-7,14-15,17H2,1H3,(H,25,29)(H,26,30). The number of carbonyl (C=O) groups excluding carboxylic acids is 1. The van der Waals surface area contributed by atoms with Crippen molar-refractivity contribution in [2.45, 2.75) is 45.3 Å². The van der Waals surface area contributed by atoms with Gasteiger partial charge in [0, 0.05) is 31.0 Å². The van der Waals surface area contributed by atoms with Gasteiger partial charge in [-0.15, -0.1) is 0 Å². The lowest BCUT2D eigenvalue weighted by molar-refractivity contribution is 0.0944. The number of imidazole rings is 1. The summed E-state index contributed by atoms with van der Waals surface area (Å²) in [6.45, 7) is 4.98. The van der Waals surface area contributed by atoms with Crippen molar-refractivity contribution in [2.24, 2.45) is 0 Å². The molecule has 1 aromatic heterocycles. The number of carbonyl (C=O) groups is 1. The van der Waals surface area contributed by atoms with Crippen LogP contribution in [-0.2, 0) is 13.1 Å². The highest BCUT2D eigenvalue weighted by atomic mass is 32.1. The van der Waals surface area contributed by atoms with E-state index in [1.165, 1.54) is 31.4 Å². The van der Waals surface area contributed by atoms with Crippen LogP contribution in [0.1, 0.15) is 47.8 Å². The Hall–Kier alpha value is -2.70. The molecule has 0 spiro atoms. The first-order valence-electron chi connectivity index (χ1n) is 10.6. The van der Waals surface area contributed by atoms with Crippen molar-refractivity contribution >= 4 is 18.1 Å². The summed E-state index contributed by atoms with van der Waals surface area (Å²) in [4.78, 5) is 18.3. The van der Waals surface area contributed by atoms with Crippen molar-refractivity contribution in [3.05, 3.63) is 82.4 Å². The van der Waals surface area contributed by atoms with Crippen molar-refractivity contribution in [3.8, 4) is 5.69 Å². The third-order valence-corrected chi connectivity index (χ3v) is 6.13. The molecule has 2 aromatic carbocycles. The van der Waals surface area contributed by atoms with Crippen LogP contribution in [0.2, 0.25) is 0 Å². The van der Waals surface area contributed by atoms with Crippen molar-refractivity contribution in [1.29, 1.82) is 0 Å². The van der Waals surface area contributed by atoms with E-state index < -0.39 is 0 Å². The number of aromatic nitrogens is 2. The molecular weight excluding hydrogens is 392 g/mol. The van der Waals surface area contributed by atoms with Crippen LogP contribution in [0.15, 0.2) is 60.8 Å². The average Bonchev–Trinajstić information content (AvgIpc) is 3.17. The molecule has 2 N–H and O–H groups in total. The maximum Gasteiger partial charge on any atom is 0.270 e. The molecule has 6 heteroatoms. The molecule has 1 amide bonds. The Morgan fingerprint density at radius 3 is 2.57 bits per heavy atom. The maximum absolute atomic E-state index is 12.8. The lowest BCUT2D eigenvalue weighted by Crippen LogP contribution is -2.36. The smallest absolute Gasteiger partial charge is 0.270 e. The number of nitrogens with zero attached hydrogens (tertiary/aromatic N) is 2. The van der Waals surface area contributed by atoms with Gasteiger partial charge >= 0.3 is 0 Å². The molecule has 0 radical (unpaired) electrons. The molecule has 1 saturated heterocycles. The summed E-state index contributed by atoms with van der Waals surface area (Å²) in [5.41, 5.74) is 3.77. The van der Waals surface area contributed by atoms with E-state index in [9.17, 15) is 4.79 Å². The minimum absolute atomic E-state index is 0.155.